The highest BCUT2D eigenvalue weighted by Crippen LogP contribution is 2.27. The standard InChI is InChI=1S/C21H24N8O2/c1-11-4-14-15(5-12(11)2)28(13(3)26-14)8-18(31)27-6-16(17(30)7-27)29-10-25-19-20(22)23-9-24-21(19)29/h4-5,9-10,16-17,30H,6-8H2,1-3H3,(H2,22,23,24)/t16-,17-/m1/s1. The molecule has 160 valence electrons. The Morgan fingerprint density at radius 3 is 2.74 bits per heavy atom. The van der Waals surface area contributed by atoms with Crippen LogP contribution in [0.15, 0.2) is 24.8 Å². The molecular formula is C21H24N8O2. The molecule has 0 saturated carbocycles. The van der Waals surface area contributed by atoms with Gasteiger partial charge in [-0.2, -0.15) is 0 Å². The van der Waals surface area contributed by atoms with Gasteiger partial charge in [0.2, 0.25) is 5.91 Å². The molecule has 1 aliphatic rings. The van der Waals surface area contributed by atoms with E-state index in [4.69, 9.17) is 5.73 Å². The predicted octanol–water partition coefficient (Wildman–Crippen LogP) is 1.13. The van der Waals surface area contributed by atoms with E-state index in [1.165, 1.54) is 11.9 Å². The Bertz CT molecular complexity index is 1320. The van der Waals surface area contributed by atoms with Crippen LogP contribution in [-0.4, -0.2) is 64.2 Å². The number of nitrogens with two attached hydrogens (primary N) is 1. The van der Waals surface area contributed by atoms with Crippen molar-refractivity contribution < 1.29 is 9.90 Å². The number of benzene rings is 1. The summed E-state index contributed by atoms with van der Waals surface area (Å²) in [6, 6.07) is 3.77. The van der Waals surface area contributed by atoms with E-state index in [0.29, 0.717) is 17.7 Å². The van der Waals surface area contributed by atoms with E-state index in [1.807, 2.05) is 17.6 Å². The summed E-state index contributed by atoms with van der Waals surface area (Å²) in [6.07, 6.45) is 2.23. The van der Waals surface area contributed by atoms with Gasteiger partial charge in [0.15, 0.2) is 11.5 Å². The van der Waals surface area contributed by atoms with Crippen LogP contribution in [0.1, 0.15) is 23.0 Å². The van der Waals surface area contributed by atoms with Crippen molar-refractivity contribution in [3.8, 4) is 0 Å². The van der Waals surface area contributed by atoms with Crippen molar-refractivity contribution >= 4 is 33.9 Å². The summed E-state index contributed by atoms with van der Waals surface area (Å²) in [7, 11) is 0. The number of aryl methyl sites for hydroxylation is 3. The monoisotopic (exact) mass is 420 g/mol. The Balaban J connectivity index is 1.40. The van der Waals surface area contributed by atoms with E-state index in [9.17, 15) is 9.90 Å². The van der Waals surface area contributed by atoms with Crippen molar-refractivity contribution in [3.63, 3.8) is 0 Å². The number of anilines is 1. The molecule has 1 amide bonds. The Morgan fingerprint density at radius 1 is 1.16 bits per heavy atom. The third kappa shape index (κ3) is 3.10. The number of aliphatic hydroxyl groups is 1. The molecule has 31 heavy (non-hydrogen) atoms. The second-order valence-corrected chi connectivity index (χ2v) is 8.19. The first-order chi connectivity index (χ1) is 14.8. The Hall–Kier alpha value is -3.53. The number of imidazole rings is 2. The summed E-state index contributed by atoms with van der Waals surface area (Å²) in [5.74, 6) is 1.01. The Morgan fingerprint density at radius 2 is 1.94 bits per heavy atom. The highest BCUT2D eigenvalue weighted by atomic mass is 16.3. The molecular weight excluding hydrogens is 396 g/mol. The van der Waals surface area contributed by atoms with Gasteiger partial charge in [-0.3, -0.25) is 4.79 Å². The van der Waals surface area contributed by atoms with E-state index >= 15 is 0 Å². The normalized spacial score (nSPS) is 19.0. The summed E-state index contributed by atoms with van der Waals surface area (Å²) in [5, 5.41) is 10.7. The topological polar surface area (TPSA) is 128 Å². The third-order valence-corrected chi connectivity index (χ3v) is 6.20. The number of carbonyl (C=O) groups is 1. The number of aliphatic hydroxyl groups excluding tert-OH is 1. The highest BCUT2D eigenvalue weighted by molar-refractivity contribution is 5.83. The fourth-order valence-corrected chi connectivity index (χ4v) is 4.29. The number of hydrogen-bond acceptors (Lipinski definition) is 7. The number of nitrogen functional groups attached to an aromatic ring is 1. The van der Waals surface area contributed by atoms with Crippen LogP contribution in [-0.2, 0) is 11.3 Å². The van der Waals surface area contributed by atoms with E-state index in [0.717, 1.165) is 22.4 Å². The number of hydrogen-bond donors (Lipinski definition) is 2. The smallest absolute Gasteiger partial charge is 0.242 e. The van der Waals surface area contributed by atoms with Crippen LogP contribution >= 0.6 is 0 Å². The molecule has 2 atom stereocenters. The molecule has 1 fully saturated rings. The second-order valence-electron chi connectivity index (χ2n) is 8.19. The summed E-state index contributed by atoms with van der Waals surface area (Å²) in [5.41, 5.74) is 11.1. The van der Waals surface area contributed by atoms with Gasteiger partial charge in [-0.15, -0.1) is 0 Å². The molecule has 1 aromatic carbocycles. The average molecular weight is 420 g/mol. The lowest BCUT2D eigenvalue weighted by atomic mass is 10.1. The lowest BCUT2D eigenvalue weighted by Gasteiger charge is -2.18. The van der Waals surface area contributed by atoms with Crippen LogP contribution in [0, 0.1) is 20.8 Å². The highest BCUT2D eigenvalue weighted by Gasteiger charge is 2.36. The fraction of sp³-hybridized carbons (Fsp3) is 0.381. The molecule has 4 aromatic rings. The maximum absolute atomic E-state index is 13.1. The number of carbonyl (C=O) groups excluding carboxylic acids is 1. The molecule has 0 spiro atoms. The molecule has 10 nitrogen and oxygen atoms in total. The molecule has 3 N–H and O–H groups in total. The van der Waals surface area contributed by atoms with Gasteiger partial charge in [-0.25, -0.2) is 19.9 Å². The zero-order chi connectivity index (χ0) is 21.9. The van der Waals surface area contributed by atoms with Crippen molar-refractivity contribution in [2.24, 2.45) is 0 Å². The molecule has 0 bridgehead atoms. The van der Waals surface area contributed by atoms with Gasteiger partial charge in [0.1, 0.15) is 24.2 Å². The van der Waals surface area contributed by atoms with E-state index in [2.05, 4.69) is 39.8 Å². The van der Waals surface area contributed by atoms with E-state index in [1.54, 1.807) is 15.8 Å². The first-order valence-electron chi connectivity index (χ1n) is 10.2. The minimum Gasteiger partial charge on any atom is -0.389 e. The maximum Gasteiger partial charge on any atom is 0.242 e. The third-order valence-electron chi connectivity index (χ3n) is 6.20. The molecule has 0 aliphatic carbocycles. The zero-order valence-corrected chi connectivity index (χ0v) is 17.6. The Kier molecular flexibility index (Phi) is 4.40. The van der Waals surface area contributed by atoms with Gasteiger partial charge in [-0.1, -0.05) is 0 Å². The molecule has 4 heterocycles. The van der Waals surface area contributed by atoms with Crippen molar-refractivity contribution in [1.82, 2.24) is 34.0 Å². The molecule has 0 radical (unpaired) electrons. The fourth-order valence-electron chi connectivity index (χ4n) is 4.29. The summed E-state index contributed by atoms with van der Waals surface area (Å²) < 4.78 is 3.71. The average Bonchev–Trinajstić information content (AvgIpc) is 3.40. The summed E-state index contributed by atoms with van der Waals surface area (Å²) >= 11 is 0. The molecule has 1 saturated heterocycles. The lowest BCUT2D eigenvalue weighted by molar-refractivity contribution is -0.131. The predicted molar refractivity (Wildman–Crippen MR) is 115 cm³/mol. The van der Waals surface area contributed by atoms with Crippen LogP contribution in [0.25, 0.3) is 22.2 Å². The van der Waals surface area contributed by atoms with Crippen LogP contribution in [0.4, 0.5) is 5.82 Å². The first kappa shape index (κ1) is 19.4. The lowest BCUT2D eigenvalue weighted by Crippen LogP contribution is -2.33. The maximum atomic E-state index is 13.1. The molecule has 3 aromatic heterocycles. The van der Waals surface area contributed by atoms with Crippen molar-refractivity contribution in [2.75, 3.05) is 18.8 Å². The largest absolute Gasteiger partial charge is 0.389 e. The molecule has 0 unspecified atom stereocenters. The van der Waals surface area contributed by atoms with Crippen LogP contribution in [0.5, 0.6) is 0 Å². The molecule has 10 heteroatoms. The number of rotatable bonds is 3. The number of fused-ring (bicyclic) bond motifs is 2. The van der Waals surface area contributed by atoms with E-state index in [-0.39, 0.29) is 30.9 Å². The minimum absolute atomic E-state index is 0.0688. The van der Waals surface area contributed by atoms with Gasteiger partial charge < -0.3 is 24.9 Å². The zero-order valence-electron chi connectivity index (χ0n) is 17.6. The second kappa shape index (κ2) is 7.02. The van der Waals surface area contributed by atoms with Crippen LogP contribution in [0.3, 0.4) is 0 Å². The summed E-state index contributed by atoms with van der Waals surface area (Å²) in [6.45, 7) is 6.78. The quantitative estimate of drug-likeness (QED) is 0.508. The SMILES string of the molecule is Cc1cc2nc(C)n(CC(=O)N3C[C@@H](O)[C@H](n4cnc5c(N)ncnc54)C3)c2cc1C. The van der Waals surface area contributed by atoms with Crippen molar-refractivity contribution in [1.29, 1.82) is 0 Å². The van der Waals surface area contributed by atoms with E-state index < -0.39 is 6.10 Å². The minimum atomic E-state index is -0.733. The van der Waals surface area contributed by atoms with Crippen molar-refractivity contribution in [2.45, 2.75) is 39.5 Å². The van der Waals surface area contributed by atoms with Gasteiger partial charge in [0.25, 0.3) is 0 Å². The first-order valence-corrected chi connectivity index (χ1v) is 10.2. The number of amides is 1. The van der Waals surface area contributed by atoms with Gasteiger partial charge in [0.05, 0.1) is 29.5 Å². The number of aromatic nitrogens is 6. The Labute approximate surface area is 178 Å². The number of nitrogens with zero attached hydrogens (tertiary/aromatic N) is 7. The van der Waals surface area contributed by atoms with Gasteiger partial charge >= 0.3 is 0 Å². The number of likely N-dealkylation sites (tertiary alicyclic amines) is 1. The van der Waals surface area contributed by atoms with Crippen molar-refractivity contribution in [3.05, 3.63) is 41.7 Å². The van der Waals surface area contributed by atoms with Crippen LogP contribution in [0.2, 0.25) is 0 Å². The molecule has 1 aliphatic heterocycles. The molecule has 5 rings (SSSR count). The summed E-state index contributed by atoms with van der Waals surface area (Å²) in [4.78, 5) is 31.9. The van der Waals surface area contributed by atoms with Gasteiger partial charge in [-0.05, 0) is 44.0 Å². The van der Waals surface area contributed by atoms with Gasteiger partial charge in [0, 0.05) is 13.1 Å². The van der Waals surface area contributed by atoms with Crippen LogP contribution < -0.4 is 5.73 Å². The number of β-amino-alcohol motifs (C(OH)–C–C–N with tert-alkyl or cyclic N) is 1.